The standard InChI is InChI=1S/C22H35N3O/c1-18(21-8-11-23-12-9-21)16-22(26)24-13-10-19(2)25(15-14-24)17-20-6-4-3-5-7-20/h3-7,18-19,21,23H,8-17H2,1-2H3. The zero-order valence-electron chi connectivity index (χ0n) is 16.5. The maximum atomic E-state index is 12.9. The van der Waals surface area contributed by atoms with Crippen LogP contribution in [0.15, 0.2) is 30.3 Å². The molecule has 0 aromatic heterocycles. The first-order chi connectivity index (χ1) is 12.6. The Morgan fingerprint density at radius 3 is 2.58 bits per heavy atom. The van der Waals surface area contributed by atoms with E-state index in [1.54, 1.807) is 0 Å². The Balaban J connectivity index is 1.51. The van der Waals surface area contributed by atoms with Gasteiger partial charge in [0.1, 0.15) is 0 Å². The lowest BCUT2D eigenvalue weighted by molar-refractivity contribution is -0.132. The highest BCUT2D eigenvalue weighted by Gasteiger charge is 2.27. The highest BCUT2D eigenvalue weighted by molar-refractivity contribution is 5.76. The first-order valence-corrected chi connectivity index (χ1v) is 10.4. The molecule has 1 aromatic rings. The number of rotatable bonds is 5. The van der Waals surface area contributed by atoms with Crippen LogP contribution in [-0.2, 0) is 11.3 Å². The molecule has 26 heavy (non-hydrogen) atoms. The lowest BCUT2D eigenvalue weighted by Gasteiger charge is -2.30. The van der Waals surface area contributed by atoms with Gasteiger partial charge in [-0.1, -0.05) is 37.3 Å². The van der Waals surface area contributed by atoms with Crippen molar-refractivity contribution in [2.75, 3.05) is 32.7 Å². The Kier molecular flexibility index (Phi) is 7.09. The Morgan fingerprint density at radius 2 is 1.85 bits per heavy atom. The number of carbonyl (C=O) groups excluding carboxylic acids is 1. The van der Waals surface area contributed by atoms with Gasteiger partial charge in [-0.15, -0.1) is 0 Å². The van der Waals surface area contributed by atoms with Crippen molar-refractivity contribution in [3.8, 4) is 0 Å². The number of benzene rings is 1. The summed E-state index contributed by atoms with van der Waals surface area (Å²) in [5, 5.41) is 3.42. The minimum atomic E-state index is 0.366. The molecule has 0 aliphatic carbocycles. The molecule has 1 amide bonds. The van der Waals surface area contributed by atoms with Gasteiger partial charge in [0.2, 0.25) is 5.91 Å². The van der Waals surface area contributed by atoms with E-state index >= 15 is 0 Å². The van der Waals surface area contributed by atoms with Crippen LogP contribution in [-0.4, -0.2) is 54.5 Å². The van der Waals surface area contributed by atoms with Gasteiger partial charge in [-0.2, -0.15) is 0 Å². The number of hydrogen-bond donors (Lipinski definition) is 1. The maximum absolute atomic E-state index is 12.9. The fraction of sp³-hybridized carbons (Fsp3) is 0.682. The van der Waals surface area contributed by atoms with Crippen molar-refractivity contribution in [1.82, 2.24) is 15.1 Å². The topological polar surface area (TPSA) is 35.6 Å². The molecular weight excluding hydrogens is 322 g/mol. The molecule has 1 aromatic carbocycles. The predicted octanol–water partition coefficient (Wildman–Crippen LogP) is 3.14. The predicted molar refractivity (Wildman–Crippen MR) is 107 cm³/mol. The lowest BCUT2D eigenvalue weighted by atomic mass is 9.84. The summed E-state index contributed by atoms with van der Waals surface area (Å²) in [6, 6.07) is 11.2. The molecule has 2 saturated heterocycles. The Bertz CT molecular complexity index is 556. The van der Waals surface area contributed by atoms with Gasteiger partial charge >= 0.3 is 0 Å². The molecule has 4 heteroatoms. The molecule has 144 valence electrons. The number of nitrogens with one attached hydrogen (secondary N) is 1. The van der Waals surface area contributed by atoms with E-state index in [1.165, 1.54) is 18.4 Å². The second kappa shape index (κ2) is 9.52. The number of carbonyl (C=O) groups is 1. The van der Waals surface area contributed by atoms with Crippen LogP contribution < -0.4 is 5.32 Å². The van der Waals surface area contributed by atoms with Crippen molar-refractivity contribution in [3.05, 3.63) is 35.9 Å². The van der Waals surface area contributed by atoms with Crippen LogP contribution in [0.5, 0.6) is 0 Å². The fourth-order valence-electron chi connectivity index (χ4n) is 4.39. The van der Waals surface area contributed by atoms with E-state index in [0.29, 0.717) is 23.8 Å². The van der Waals surface area contributed by atoms with Crippen molar-refractivity contribution < 1.29 is 4.79 Å². The highest BCUT2D eigenvalue weighted by atomic mass is 16.2. The Morgan fingerprint density at radius 1 is 1.12 bits per heavy atom. The van der Waals surface area contributed by atoms with Crippen molar-refractivity contribution in [1.29, 1.82) is 0 Å². The molecule has 2 atom stereocenters. The molecule has 0 bridgehead atoms. The van der Waals surface area contributed by atoms with Gasteiger partial charge in [0.05, 0.1) is 0 Å². The molecule has 2 unspecified atom stereocenters. The normalized spacial score (nSPS) is 24.2. The quantitative estimate of drug-likeness (QED) is 0.879. The minimum absolute atomic E-state index is 0.366. The summed E-state index contributed by atoms with van der Waals surface area (Å²) in [5.41, 5.74) is 1.36. The molecule has 4 nitrogen and oxygen atoms in total. The average Bonchev–Trinajstić information content (AvgIpc) is 2.85. The van der Waals surface area contributed by atoms with E-state index in [2.05, 4.69) is 59.3 Å². The highest BCUT2D eigenvalue weighted by Crippen LogP contribution is 2.25. The van der Waals surface area contributed by atoms with E-state index in [-0.39, 0.29) is 0 Å². The zero-order chi connectivity index (χ0) is 18.4. The van der Waals surface area contributed by atoms with Crippen LogP contribution in [0.2, 0.25) is 0 Å². The van der Waals surface area contributed by atoms with E-state index in [1.807, 2.05) is 0 Å². The number of amides is 1. The molecule has 3 rings (SSSR count). The lowest BCUT2D eigenvalue weighted by Crippen LogP contribution is -2.38. The molecule has 0 spiro atoms. The van der Waals surface area contributed by atoms with Gasteiger partial charge in [0.15, 0.2) is 0 Å². The van der Waals surface area contributed by atoms with Gasteiger partial charge in [-0.05, 0) is 56.7 Å². The molecular formula is C22H35N3O. The van der Waals surface area contributed by atoms with Crippen molar-refractivity contribution in [2.45, 2.75) is 52.1 Å². The summed E-state index contributed by atoms with van der Waals surface area (Å²) >= 11 is 0. The fourth-order valence-corrected chi connectivity index (χ4v) is 4.39. The summed E-state index contributed by atoms with van der Waals surface area (Å²) in [7, 11) is 0. The SMILES string of the molecule is CC(CC(=O)N1CCC(C)N(Cc2ccccc2)CC1)C1CCNCC1. The van der Waals surface area contributed by atoms with Crippen LogP contribution in [0.4, 0.5) is 0 Å². The molecule has 0 radical (unpaired) electrons. The maximum Gasteiger partial charge on any atom is 0.222 e. The Hall–Kier alpha value is -1.39. The van der Waals surface area contributed by atoms with E-state index < -0.39 is 0 Å². The molecule has 2 heterocycles. The van der Waals surface area contributed by atoms with Crippen molar-refractivity contribution in [3.63, 3.8) is 0 Å². The first kappa shape index (κ1) is 19.4. The summed E-state index contributed by atoms with van der Waals surface area (Å²) in [6.07, 6.45) is 4.23. The zero-order valence-corrected chi connectivity index (χ0v) is 16.5. The summed E-state index contributed by atoms with van der Waals surface area (Å²) < 4.78 is 0. The minimum Gasteiger partial charge on any atom is -0.341 e. The molecule has 2 aliphatic rings. The van der Waals surface area contributed by atoms with Crippen molar-refractivity contribution >= 4 is 5.91 Å². The number of nitrogens with zero attached hydrogens (tertiary/aromatic N) is 2. The van der Waals surface area contributed by atoms with Crippen molar-refractivity contribution in [2.24, 2.45) is 11.8 Å². The monoisotopic (exact) mass is 357 g/mol. The van der Waals surface area contributed by atoms with Gasteiger partial charge in [0.25, 0.3) is 0 Å². The largest absolute Gasteiger partial charge is 0.341 e. The van der Waals surface area contributed by atoms with Crippen LogP contribution in [0.1, 0.15) is 45.1 Å². The smallest absolute Gasteiger partial charge is 0.222 e. The first-order valence-electron chi connectivity index (χ1n) is 10.4. The van der Waals surface area contributed by atoms with Crippen LogP contribution >= 0.6 is 0 Å². The van der Waals surface area contributed by atoms with Gasteiger partial charge in [0, 0.05) is 38.6 Å². The third-order valence-electron chi connectivity index (χ3n) is 6.36. The van der Waals surface area contributed by atoms with Crippen LogP contribution in [0, 0.1) is 11.8 Å². The third kappa shape index (κ3) is 5.31. The summed E-state index contributed by atoms with van der Waals surface area (Å²) in [6.45, 7) is 10.5. The van der Waals surface area contributed by atoms with Gasteiger partial charge in [-0.25, -0.2) is 0 Å². The second-order valence-electron chi connectivity index (χ2n) is 8.24. The van der Waals surface area contributed by atoms with Crippen LogP contribution in [0.3, 0.4) is 0 Å². The van der Waals surface area contributed by atoms with E-state index in [4.69, 9.17) is 0 Å². The van der Waals surface area contributed by atoms with Crippen LogP contribution in [0.25, 0.3) is 0 Å². The van der Waals surface area contributed by atoms with Gasteiger partial charge < -0.3 is 10.2 Å². The Labute approximate surface area is 158 Å². The van der Waals surface area contributed by atoms with Gasteiger partial charge in [-0.3, -0.25) is 9.69 Å². The van der Waals surface area contributed by atoms with E-state index in [9.17, 15) is 4.79 Å². The molecule has 0 saturated carbocycles. The summed E-state index contributed by atoms with van der Waals surface area (Å²) in [4.78, 5) is 17.5. The van der Waals surface area contributed by atoms with E-state index in [0.717, 1.165) is 52.1 Å². The second-order valence-corrected chi connectivity index (χ2v) is 8.24. The third-order valence-corrected chi connectivity index (χ3v) is 6.36. The number of piperidine rings is 1. The molecule has 2 fully saturated rings. The number of hydrogen-bond acceptors (Lipinski definition) is 3. The summed E-state index contributed by atoms with van der Waals surface area (Å²) in [5.74, 6) is 1.58. The molecule has 2 aliphatic heterocycles. The molecule has 1 N–H and O–H groups in total. The average molecular weight is 358 g/mol.